The van der Waals surface area contributed by atoms with E-state index in [2.05, 4.69) is 32.3 Å². The summed E-state index contributed by atoms with van der Waals surface area (Å²) in [4.78, 5) is 24.4. The molecule has 9 nitrogen and oxygen atoms in total. The number of alkyl halides is 6. The van der Waals surface area contributed by atoms with Crippen LogP contribution in [-0.4, -0.2) is 65.8 Å². The second-order valence-electron chi connectivity index (χ2n) is 8.82. The van der Waals surface area contributed by atoms with Crippen LogP contribution in [0.15, 0.2) is 67.1 Å². The molecule has 1 atom stereocenters. The summed E-state index contributed by atoms with van der Waals surface area (Å²) in [6.45, 7) is 1.93. The van der Waals surface area contributed by atoms with E-state index in [9.17, 15) is 30.7 Å². The summed E-state index contributed by atoms with van der Waals surface area (Å²) in [5, 5.41) is 23.1. The highest BCUT2D eigenvalue weighted by Gasteiger charge is 2.39. The Morgan fingerprint density at radius 3 is 2.10 bits per heavy atom. The van der Waals surface area contributed by atoms with Crippen LogP contribution in [0.1, 0.15) is 30.1 Å². The molecule has 0 saturated carbocycles. The smallest absolute Gasteiger partial charge is 0.475 e. The van der Waals surface area contributed by atoms with Crippen LogP contribution in [0.25, 0.3) is 16.6 Å². The molecule has 1 aliphatic heterocycles. The van der Waals surface area contributed by atoms with Crippen LogP contribution in [0.5, 0.6) is 0 Å². The number of nitrogens with zero attached hydrogens (tertiary/aromatic N) is 5. The molecular formula is C26H22F7N5O4. The van der Waals surface area contributed by atoms with Crippen LogP contribution in [0.2, 0.25) is 0 Å². The number of carboxylic acids is 2. The molecule has 1 unspecified atom stereocenters. The maximum atomic E-state index is 13.6. The van der Waals surface area contributed by atoms with Crippen molar-refractivity contribution in [3.8, 4) is 11.1 Å². The van der Waals surface area contributed by atoms with E-state index in [-0.39, 0.29) is 11.9 Å². The second-order valence-corrected chi connectivity index (χ2v) is 8.82. The van der Waals surface area contributed by atoms with Crippen LogP contribution in [0.3, 0.4) is 0 Å². The van der Waals surface area contributed by atoms with E-state index < -0.39 is 24.3 Å². The van der Waals surface area contributed by atoms with Gasteiger partial charge in [0.2, 0.25) is 0 Å². The SMILES string of the molecule is Fc1cccc(-c2ccc3c(C4CCCN4Cc4ccncc4)nnn3c2)c1.O=C(O)C(F)(F)F.O=C(O)C(F)(F)F. The fraction of sp³-hybridized carbons (Fsp3) is 0.269. The number of benzene rings is 1. The predicted octanol–water partition coefficient (Wildman–Crippen LogP) is 5.53. The highest BCUT2D eigenvalue weighted by Crippen LogP contribution is 2.34. The summed E-state index contributed by atoms with van der Waals surface area (Å²) in [6.07, 6.45) is -2.35. The van der Waals surface area contributed by atoms with Gasteiger partial charge in [-0.05, 0) is 60.8 Å². The molecule has 4 aromatic rings. The van der Waals surface area contributed by atoms with Crippen LogP contribution in [0, 0.1) is 5.82 Å². The molecule has 224 valence electrons. The number of fused-ring (bicyclic) bond motifs is 1. The lowest BCUT2D eigenvalue weighted by Crippen LogP contribution is -2.23. The molecule has 5 rings (SSSR count). The van der Waals surface area contributed by atoms with Gasteiger partial charge in [0.1, 0.15) is 11.5 Å². The van der Waals surface area contributed by atoms with Gasteiger partial charge >= 0.3 is 24.3 Å². The summed E-state index contributed by atoms with van der Waals surface area (Å²) in [6, 6.07) is 15.0. The van der Waals surface area contributed by atoms with E-state index >= 15 is 0 Å². The van der Waals surface area contributed by atoms with Crippen molar-refractivity contribution in [3.05, 3.63) is 84.2 Å². The average molecular weight is 601 g/mol. The van der Waals surface area contributed by atoms with E-state index in [1.54, 1.807) is 10.6 Å². The van der Waals surface area contributed by atoms with Crippen molar-refractivity contribution < 1.29 is 50.5 Å². The zero-order chi connectivity index (χ0) is 31.1. The number of rotatable bonds is 4. The zero-order valence-electron chi connectivity index (χ0n) is 21.3. The quantitative estimate of drug-likeness (QED) is 0.293. The first kappa shape index (κ1) is 31.9. The summed E-state index contributed by atoms with van der Waals surface area (Å²) in [5.41, 5.74) is 5.03. The minimum Gasteiger partial charge on any atom is -0.475 e. The zero-order valence-corrected chi connectivity index (χ0v) is 21.3. The third kappa shape index (κ3) is 8.70. The van der Waals surface area contributed by atoms with Gasteiger partial charge in [0.25, 0.3) is 0 Å². The van der Waals surface area contributed by atoms with Gasteiger partial charge < -0.3 is 10.2 Å². The first-order valence-corrected chi connectivity index (χ1v) is 12.0. The third-order valence-corrected chi connectivity index (χ3v) is 5.90. The van der Waals surface area contributed by atoms with E-state index in [4.69, 9.17) is 19.8 Å². The van der Waals surface area contributed by atoms with Crippen molar-refractivity contribution in [2.75, 3.05) is 6.54 Å². The maximum Gasteiger partial charge on any atom is 0.490 e. The van der Waals surface area contributed by atoms with Crippen molar-refractivity contribution >= 4 is 17.5 Å². The van der Waals surface area contributed by atoms with Crippen LogP contribution >= 0.6 is 0 Å². The summed E-state index contributed by atoms with van der Waals surface area (Å²) in [7, 11) is 0. The molecule has 16 heteroatoms. The van der Waals surface area contributed by atoms with E-state index in [0.717, 1.165) is 48.3 Å². The Bertz CT molecular complexity index is 1490. The lowest BCUT2D eigenvalue weighted by molar-refractivity contribution is -0.193. The monoisotopic (exact) mass is 601 g/mol. The second kappa shape index (κ2) is 13.4. The first-order valence-electron chi connectivity index (χ1n) is 12.0. The molecule has 0 amide bonds. The topological polar surface area (TPSA) is 121 Å². The maximum absolute atomic E-state index is 13.6. The molecule has 4 heterocycles. The van der Waals surface area contributed by atoms with Gasteiger partial charge in [-0.1, -0.05) is 23.4 Å². The minimum absolute atomic E-state index is 0.241. The Hall–Kier alpha value is -4.60. The van der Waals surface area contributed by atoms with Gasteiger partial charge in [-0.3, -0.25) is 9.88 Å². The Kier molecular flexibility index (Phi) is 10.2. The first-order chi connectivity index (χ1) is 19.7. The Morgan fingerprint density at radius 2 is 1.52 bits per heavy atom. The average Bonchev–Trinajstić information content (AvgIpc) is 3.55. The fourth-order valence-electron chi connectivity index (χ4n) is 4.04. The molecule has 0 radical (unpaired) electrons. The largest absolute Gasteiger partial charge is 0.490 e. The highest BCUT2D eigenvalue weighted by atomic mass is 19.4. The molecule has 0 aliphatic carbocycles. The highest BCUT2D eigenvalue weighted by molar-refractivity contribution is 5.73. The van der Waals surface area contributed by atoms with Crippen molar-refractivity contribution in [2.45, 2.75) is 37.8 Å². The van der Waals surface area contributed by atoms with Gasteiger partial charge in [0.05, 0.1) is 11.6 Å². The lowest BCUT2D eigenvalue weighted by atomic mass is 10.1. The standard InChI is InChI=1S/C22H20FN5.2C2HF3O2/c23-19-4-1-3-17(13-19)18-6-7-21-22(25-26-28(21)15-18)20-5-2-12-27(20)14-16-8-10-24-11-9-16;2*3-2(4,5)1(6)7/h1,3-4,6-11,13,15,20H,2,5,12,14H2;2*(H,6,7). The molecule has 0 bridgehead atoms. The molecule has 0 spiro atoms. The van der Waals surface area contributed by atoms with Gasteiger partial charge in [-0.15, -0.1) is 5.10 Å². The number of hydrogen-bond donors (Lipinski definition) is 2. The summed E-state index contributed by atoms with van der Waals surface area (Å²) >= 11 is 0. The van der Waals surface area contributed by atoms with Gasteiger partial charge in [-0.25, -0.2) is 18.5 Å². The Morgan fingerprint density at radius 1 is 0.905 bits per heavy atom. The molecule has 42 heavy (non-hydrogen) atoms. The molecule has 2 N–H and O–H groups in total. The van der Waals surface area contributed by atoms with Gasteiger partial charge in [0.15, 0.2) is 0 Å². The molecule has 3 aromatic heterocycles. The lowest BCUT2D eigenvalue weighted by Gasteiger charge is -2.23. The minimum atomic E-state index is -5.08. The number of hydrogen-bond acceptors (Lipinski definition) is 6. The van der Waals surface area contributed by atoms with Gasteiger partial charge in [-0.2, -0.15) is 26.3 Å². The van der Waals surface area contributed by atoms with E-state index in [1.165, 1.54) is 17.7 Å². The number of carboxylic acid groups (broad SMARTS) is 2. The Labute approximate surface area is 232 Å². The van der Waals surface area contributed by atoms with E-state index in [1.807, 2.05) is 36.8 Å². The van der Waals surface area contributed by atoms with E-state index in [0.29, 0.717) is 0 Å². The van der Waals surface area contributed by atoms with Crippen molar-refractivity contribution in [2.24, 2.45) is 0 Å². The third-order valence-electron chi connectivity index (χ3n) is 5.90. The fourth-order valence-corrected chi connectivity index (χ4v) is 4.04. The van der Waals surface area contributed by atoms with Crippen LogP contribution in [-0.2, 0) is 16.1 Å². The van der Waals surface area contributed by atoms with Crippen molar-refractivity contribution in [1.29, 1.82) is 0 Å². The molecular weight excluding hydrogens is 579 g/mol. The molecule has 1 aliphatic rings. The number of halogens is 7. The van der Waals surface area contributed by atoms with Gasteiger partial charge in [0, 0.05) is 30.7 Å². The summed E-state index contributed by atoms with van der Waals surface area (Å²) < 4.78 is 78.8. The van der Waals surface area contributed by atoms with Crippen molar-refractivity contribution in [3.63, 3.8) is 0 Å². The number of likely N-dealkylation sites (tertiary alicyclic amines) is 1. The predicted molar refractivity (Wildman–Crippen MR) is 132 cm³/mol. The normalized spacial score (nSPS) is 15.4. The van der Waals surface area contributed by atoms with Crippen LogP contribution in [0.4, 0.5) is 30.7 Å². The number of aliphatic carboxylic acids is 2. The molecule has 1 fully saturated rings. The van der Waals surface area contributed by atoms with Crippen LogP contribution < -0.4 is 0 Å². The molecule has 1 aromatic carbocycles. The number of carbonyl (C=O) groups is 2. The number of pyridine rings is 2. The summed E-state index contributed by atoms with van der Waals surface area (Å²) in [5.74, 6) is -5.76. The van der Waals surface area contributed by atoms with Crippen molar-refractivity contribution in [1.82, 2.24) is 24.7 Å². The molecule has 1 saturated heterocycles. The Balaban J connectivity index is 0.000000289. The number of aromatic nitrogens is 4.